The monoisotopic (exact) mass is 707 g/mol. The third kappa shape index (κ3) is 4.94. The molecule has 0 unspecified atom stereocenters. The van der Waals surface area contributed by atoms with Crippen molar-refractivity contribution < 1.29 is 4.42 Å². The molecule has 4 nitrogen and oxygen atoms in total. The molecule has 0 spiro atoms. The number of benzene rings is 7. The van der Waals surface area contributed by atoms with Crippen LogP contribution in [-0.2, 0) is 0 Å². The van der Waals surface area contributed by atoms with Gasteiger partial charge in [0.15, 0.2) is 5.82 Å². The van der Waals surface area contributed by atoms with Crippen molar-refractivity contribution in [3.63, 3.8) is 0 Å². The molecule has 0 amide bonds. The number of furan rings is 1. The second kappa shape index (κ2) is 12.3. The van der Waals surface area contributed by atoms with Crippen molar-refractivity contribution in [3.05, 3.63) is 176 Å². The molecule has 0 radical (unpaired) electrons. The minimum absolute atomic E-state index is 0.650. The molecule has 0 bridgehead atoms. The molecule has 5 heteroatoms. The highest BCUT2D eigenvalue weighted by Gasteiger charge is 2.21. The van der Waals surface area contributed by atoms with E-state index >= 15 is 0 Å². The molecule has 4 aromatic heterocycles. The van der Waals surface area contributed by atoms with Crippen LogP contribution in [0, 0.1) is 0 Å². The summed E-state index contributed by atoms with van der Waals surface area (Å²) in [6.45, 7) is 0. The maximum Gasteiger partial charge on any atom is 0.160 e. The predicted octanol–water partition coefficient (Wildman–Crippen LogP) is 13.6. The van der Waals surface area contributed by atoms with E-state index in [9.17, 15) is 0 Å². The first-order chi connectivity index (χ1) is 26.8. The van der Waals surface area contributed by atoms with Crippen molar-refractivity contribution in [2.75, 3.05) is 0 Å². The van der Waals surface area contributed by atoms with Gasteiger partial charge in [-0.05, 0) is 53.1 Å². The smallest absolute Gasteiger partial charge is 0.160 e. The highest BCUT2D eigenvalue weighted by molar-refractivity contribution is 7.25. The van der Waals surface area contributed by atoms with E-state index in [1.54, 1.807) is 0 Å². The van der Waals surface area contributed by atoms with E-state index in [1.807, 2.05) is 47.9 Å². The zero-order chi connectivity index (χ0) is 35.6. The molecule has 11 rings (SSSR count). The largest absolute Gasteiger partial charge is 0.455 e. The third-order valence-electron chi connectivity index (χ3n) is 10.4. The first-order valence-corrected chi connectivity index (χ1v) is 18.8. The summed E-state index contributed by atoms with van der Waals surface area (Å²) in [5, 5.41) is 5.83. The summed E-state index contributed by atoms with van der Waals surface area (Å²) in [7, 11) is 0. The van der Waals surface area contributed by atoms with Crippen molar-refractivity contribution >= 4 is 64.4 Å². The Morgan fingerprint density at radius 1 is 0.444 bits per heavy atom. The lowest BCUT2D eigenvalue weighted by Crippen LogP contribution is -1.96. The van der Waals surface area contributed by atoms with Crippen molar-refractivity contribution in [3.8, 4) is 56.2 Å². The summed E-state index contributed by atoms with van der Waals surface area (Å²) in [4.78, 5) is 15.1. The van der Waals surface area contributed by atoms with Crippen LogP contribution in [0.5, 0.6) is 0 Å². The number of para-hydroxylation sites is 2. The van der Waals surface area contributed by atoms with Crippen LogP contribution in [0.15, 0.2) is 180 Å². The molecule has 4 heterocycles. The minimum Gasteiger partial charge on any atom is -0.455 e. The van der Waals surface area contributed by atoms with Gasteiger partial charge in [0.05, 0.1) is 16.9 Å². The summed E-state index contributed by atoms with van der Waals surface area (Å²) in [5.41, 5.74) is 11.7. The molecule has 0 saturated carbocycles. The highest BCUT2D eigenvalue weighted by atomic mass is 32.1. The topological polar surface area (TPSA) is 51.8 Å². The fourth-order valence-corrected chi connectivity index (χ4v) is 8.99. The Bertz CT molecular complexity index is 3210. The van der Waals surface area contributed by atoms with Gasteiger partial charge in [-0.3, -0.25) is 4.98 Å². The van der Waals surface area contributed by atoms with Gasteiger partial charge in [-0.1, -0.05) is 133 Å². The molecule has 0 aliphatic rings. The first kappa shape index (κ1) is 30.7. The second-order valence-electron chi connectivity index (χ2n) is 13.5. The number of pyridine rings is 1. The van der Waals surface area contributed by atoms with Gasteiger partial charge in [0.25, 0.3) is 0 Å². The quantitative estimate of drug-likeness (QED) is 0.179. The van der Waals surface area contributed by atoms with Gasteiger partial charge < -0.3 is 4.42 Å². The molecule has 0 saturated heterocycles. The van der Waals surface area contributed by atoms with Gasteiger partial charge in [0.1, 0.15) is 11.2 Å². The van der Waals surface area contributed by atoms with E-state index in [0.717, 1.165) is 77.6 Å². The maximum atomic E-state index is 6.81. The Morgan fingerprint density at radius 3 is 2.04 bits per heavy atom. The average Bonchev–Trinajstić information content (AvgIpc) is 3.83. The van der Waals surface area contributed by atoms with Crippen LogP contribution in [0.25, 0.3) is 109 Å². The number of hydrogen-bond donors (Lipinski definition) is 0. The molecule has 0 N–H and O–H groups in total. The lowest BCUT2D eigenvalue weighted by molar-refractivity contribution is 0.670. The standard InChI is InChI=1S/C49H29N3OS/c1-2-11-31(12-3-1)40-29-41(52-49(51-40)33-24-22-30(23-25-33)34-17-8-13-32-14-10-28-50-47(32)34)37-27-26-36(46-38-15-4-6-19-42(38)53-48(37)46)35-18-9-21-44-45(35)39-16-5-7-20-43(39)54-44/h1-29H. The van der Waals surface area contributed by atoms with Crippen LogP contribution < -0.4 is 0 Å². The molecule has 0 aliphatic carbocycles. The van der Waals surface area contributed by atoms with Crippen LogP contribution in [0.4, 0.5) is 0 Å². The molecular formula is C49H29N3OS. The van der Waals surface area contributed by atoms with Crippen LogP contribution in [0.1, 0.15) is 0 Å². The van der Waals surface area contributed by atoms with Crippen LogP contribution in [0.2, 0.25) is 0 Å². The van der Waals surface area contributed by atoms with Crippen molar-refractivity contribution in [1.82, 2.24) is 15.0 Å². The number of aromatic nitrogens is 3. The fraction of sp³-hybridized carbons (Fsp3) is 0. The summed E-state index contributed by atoms with van der Waals surface area (Å²) < 4.78 is 9.37. The SMILES string of the molecule is c1ccc(-c2cc(-c3ccc(-c4cccc5sc6ccccc6c45)c4c3oc3ccccc34)nc(-c3ccc(-c4cccc5cccnc45)cc3)n2)cc1. The molecule has 54 heavy (non-hydrogen) atoms. The lowest BCUT2D eigenvalue weighted by Gasteiger charge is -2.12. The van der Waals surface area contributed by atoms with Gasteiger partial charge in [-0.25, -0.2) is 9.97 Å². The van der Waals surface area contributed by atoms with Gasteiger partial charge in [-0.15, -0.1) is 11.3 Å². The normalized spacial score (nSPS) is 11.7. The Kier molecular flexibility index (Phi) is 7.00. The summed E-state index contributed by atoms with van der Waals surface area (Å²) in [6, 6.07) is 59.3. The third-order valence-corrected chi connectivity index (χ3v) is 11.5. The Hall–Kier alpha value is -6.95. The number of fused-ring (bicyclic) bond motifs is 7. The van der Waals surface area contributed by atoms with Crippen molar-refractivity contribution in [2.45, 2.75) is 0 Å². The fourth-order valence-electron chi connectivity index (χ4n) is 7.86. The number of rotatable bonds is 5. The minimum atomic E-state index is 0.650. The Labute approximate surface area is 314 Å². The first-order valence-electron chi connectivity index (χ1n) is 18.0. The van der Waals surface area contributed by atoms with Crippen LogP contribution in [0.3, 0.4) is 0 Å². The van der Waals surface area contributed by atoms with Crippen molar-refractivity contribution in [2.24, 2.45) is 0 Å². The van der Waals surface area contributed by atoms with Gasteiger partial charge >= 0.3 is 0 Å². The molecule has 0 atom stereocenters. The van der Waals surface area contributed by atoms with Gasteiger partial charge in [0, 0.05) is 64.8 Å². The number of nitrogens with zero attached hydrogens (tertiary/aromatic N) is 3. The van der Waals surface area contributed by atoms with Gasteiger partial charge in [-0.2, -0.15) is 0 Å². The second-order valence-corrected chi connectivity index (χ2v) is 14.6. The van der Waals surface area contributed by atoms with E-state index < -0.39 is 0 Å². The molecule has 0 fully saturated rings. The molecule has 252 valence electrons. The van der Waals surface area contributed by atoms with E-state index in [-0.39, 0.29) is 0 Å². The molecule has 0 aliphatic heterocycles. The predicted molar refractivity (Wildman–Crippen MR) is 225 cm³/mol. The summed E-state index contributed by atoms with van der Waals surface area (Å²) >= 11 is 1.84. The number of thiophene rings is 1. The zero-order valence-corrected chi connectivity index (χ0v) is 29.7. The van der Waals surface area contributed by atoms with Crippen LogP contribution in [-0.4, -0.2) is 15.0 Å². The lowest BCUT2D eigenvalue weighted by atomic mass is 9.93. The molecule has 11 aromatic rings. The van der Waals surface area contributed by atoms with Crippen molar-refractivity contribution in [1.29, 1.82) is 0 Å². The molecular weight excluding hydrogens is 679 g/mol. The van der Waals surface area contributed by atoms with E-state index in [2.05, 4.69) is 145 Å². The van der Waals surface area contributed by atoms with E-state index in [0.29, 0.717) is 5.82 Å². The average molecular weight is 708 g/mol. The van der Waals surface area contributed by atoms with Crippen LogP contribution >= 0.6 is 11.3 Å². The Morgan fingerprint density at radius 2 is 1.13 bits per heavy atom. The molecule has 7 aromatic carbocycles. The van der Waals surface area contributed by atoms with E-state index in [4.69, 9.17) is 14.4 Å². The summed E-state index contributed by atoms with van der Waals surface area (Å²) in [6.07, 6.45) is 1.85. The van der Waals surface area contributed by atoms with Gasteiger partial charge in [0.2, 0.25) is 0 Å². The highest BCUT2D eigenvalue weighted by Crippen LogP contribution is 2.46. The Balaban J connectivity index is 1.12. The zero-order valence-electron chi connectivity index (χ0n) is 28.9. The maximum absolute atomic E-state index is 6.81. The summed E-state index contributed by atoms with van der Waals surface area (Å²) in [5.74, 6) is 0.650. The van der Waals surface area contributed by atoms with E-state index in [1.165, 1.54) is 25.7 Å². The number of hydrogen-bond acceptors (Lipinski definition) is 5.